The molecule has 11 heteroatoms. The van der Waals surface area contributed by atoms with E-state index in [9.17, 15) is 26.4 Å². The van der Waals surface area contributed by atoms with Crippen LogP contribution in [0.3, 0.4) is 0 Å². The van der Waals surface area contributed by atoms with Crippen LogP contribution in [-0.2, 0) is 16.2 Å². The number of amides is 1. The van der Waals surface area contributed by atoms with Crippen molar-refractivity contribution in [2.45, 2.75) is 28.8 Å². The molecule has 0 radical (unpaired) electrons. The van der Waals surface area contributed by atoms with E-state index in [0.717, 1.165) is 22.4 Å². The van der Waals surface area contributed by atoms with Gasteiger partial charge in [-0.25, -0.2) is 8.42 Å². The maximum Gasteiger partial charge on any atom is 0.416 e. The number of sulfonamides is 1. The van der Waals surface area contributed by atoms with Crippen LogP contribution in [0.4, 0.5) is 13.2 Å². The Bertz CT molecular complexity index is 1120. The molecule has 0 aliphatic carbocycles. The van der Waals surface area contributed by atoms with Crippen molar-refractivity contribution >= 4 is 43.6 Å². The van der Waals surface area contributed by atoms with Gasteiger partial charge in [0.1, 0.15) is 0 Å². The summed E-state index contributed by atoms with van der Waals surface area (Å²) >= 11 is 4.99. The Morgan fingerprint density at radius 2 is 1.69 bits per heavy atom. The number of carbonyl (C=O) groups excluding carboxylic acids is 1. The molecule has 0 N–H and O–H groups in total. The molecule has 1 amide bonds. The molecule has 2 fully saturated rings. The monoisotopic (exact) mass is 548 g/mol. The zero-order valence-electron chi connectivity index (χ0n) is 16.8. The van der Waals surface area contributed by atoms with Crippen molar-refractivity contribution in [2.24, 2.45) is 0 Å². The molecular weight excluding hydrogens is 529 g/mol. The molecule has 5 nitrogen and oxygen atoms in total. The Hall–Kier alpha value is -1.56. The largest absolute Gasteiger partial charge is 0.416 e. The topological polar surface area (TPSA) is 57.7 Å². The highest BCUT2D eigenvalue weighted by Crippen LogP contribution is 2.45. The Labute approximate surface area is 197 Å². The van der Waals surface area contributed by atoms with E-state index in [-0.39, 0.29) is 23.9 Å². The van der Waals surface area contributed by atoms with Crippen LogP contribution in [0, 0.1) is 0 Å². The van der Waals surface area contributed by atoms with Gasteiger partial charge in [0.05, 0.1) is 15.3 Å². The molecule has 0 atom stereocenters. The normalized spacial score (nSPS) is 19.4. The van der Waals surface area contributed by atoms with Crippen LogP contribution in [0.1, 0.15) is 28.8 Å². The summed E-state index contributed by atoms with van der Waals surface area (Å²) in [5.41, 5.74) is -0.432. The van der Waals surface area contributed by atoms with Crippen LogP contribution in [0.25, 0.3) is 0 Å². The molecule has 0 bridgehead atoms. The summed E-state index contributed by atoms with van der Waals surface area (Å²) in [5, 5.41) is 0. The molecule has 2 saturated heterocycles. The summed E-state index contributed by atoms with van der Waals surface area (Å²) in [6.45, 7) is 0.839. The number of nitrogens with zero attached hydrogens (tertiary/aromatic N) is 2. The Morgan fingerprint density at radius 1 is 1.03 bits per heavy atom. The number of hydrogen-bond donors (Lipinski definition) is 0. The molecule has 2 aliphatic rings. The van der Waals surface area contributed by atoms with Gasteiger partial charge in [0.2, 0.25) is 10.0 Å². The van der Waals surface area contributed by atoms with E-state index >= 15 is 0 Å². The number of hydrogen-bond acceptors (Lipinski definition) is 4. The first-order valence-electron chi connectivity index (χ1n) is 9.92. The molecule has 2 aliphatic heterocycles. The first kappa shape index (κ1) is 23.6. The Balaban J connectivity index is 1.51. The number of alkyl halides is 3. The third-order valence-electron chi connectivity index (χ3n) is 5.82. The lowest BCUT2D eigenvalue weighted by Gasteiger charge is -2.43. The van der Waals surface area contributed by atoms with Crippen molar-refractivity contribution in [3.63, 3.8) is 0 Å². The average Bonchev–Trinajstić information content (AvgIpc) is 3.16. The first-order chi connectivity index (χ1) is 15.0. The van der Waals surface area contributed by atoms with Crippen molar-refractivity contribution < 1.29 is 26.4 Å². The Kier molecular flexibility index (Phi) is 6.38. The van der Waals surface area contributed by atoms with E-state index in [0.29, 0.717) is 31.0 Å². The number of halogens is 4. The lowest BCUT2D eigenvalue weighted by molar-refractivity contribution is -0.137. The molecule has 4 rings (SSSR count). The van der Waals surface area contributed by atoms with Crippen molar-refractivity contribution in [1.82, 2.24) is 9.21 Å². The predicted octanol–water partition coefficient (Wildman–Crippen LogP) is 4.84. The number of carbonyl (C=O) groups is 1. The van der Waals surface area contributed by atoms with E-state index in [1.165, 1.54) is 10.4 Å². The van der Waals surface area contributed by atoms with E-state index in [1.54, 1.807) is 36.0 Å². The van der Waals surface area contributed by atoms with Crippen LogP contribution in [0.15, 0.2) is 57.9 Å². The molecule has 172 valence electrons. The summed E-state index contributed by atoms with van der Waals surface area (Å²) in [6.07, 6.45) is -3.79. The fourth-order valence-corrected chi connectivity index (χ4v) is 7.32. The summed E-state index contributed by atoms with van der Waals surface area (Å²) in [5.74, 6) is 0.652. The van der Waals surface area contributed by atoms with Crippen LogP contribution in [0.5, 0.6) is 0 Å². The van der Waals surface area contributed by atoms with E-state index in [4.69, 9.17) is 0 Å². The molecule has 32 heavy (non-hydrogen) atoms. The summed E-state index contributed by atoms with van der Waals surface area (Å²) in [4.78, 5) is 14.1. The van der Waals surface area contributed by atoms with Crippen molar-refractivity contribution in [3.05, 3.63) is 64.1 Å². The molecule has 0 saturated carbocycles. The van der Waals surface area contributed by atoms with Crippen LogP contribution in [-0.4, -0.2) is 53.8 Å². The highest BCUT2D eigenvalue weighted by atomic mass is 79.9. The van der Waals surface area contributed by atoms with Gasteiger partial charge in [0.25, 0.3) is 5.91 Å². The van der Waals surface area contributed by atoms with Crippen LogP contribution < -0.4 is 0 Å². The molecule has 2 aromatic carbocycles. The zero-order valence-corrected chi connectivity index (χ0v) is 20.0. The van der Waals surface area contributed by atoms with Gasteiger partial charge in [-0.1, -0.05) is 22.0 Å². The third-order valence-corrected chi connectivity index (χ3v) is 9.79. The average molecular weight is 549 g/mol. The second kappa shape index (κ2) is 8.66. The maximum absolute atomic E-state index is 13.1. The van der Waals surface area contributed by atoms with Gasteiger partial charge in [-0.2, -0.15) is 17.5 Å². The van der Waals surface area contributed by atoms with Gasteiger partial charge < -0.3 is 4.90 Å². The highest BCUT2D eigenvalue weighted by molar-refractivity contribution is 9.10. The number of thioether (sulfide) groups is 1. The Morgan fingerprint density at radius 3 is 2.31 bits per heavy atom. The van der Waals surface area contributed by atoms with Gasteiger partial charge in [-0.15, -0.1) is 11.8 Å². The quantitative estimate of drug-likeness (QED) is 0.550. The van der Waals surface area contributed by atoms with E-state index in [1.807, 2.05) is 4.90 Å². The molecular formula is C21H20BrF3N2O3S2. The number of rotatable bonds is 3. The molecule has 2 heterocycles. The molecule has 0 unspecified atom stereocenters. The maximum atomic E-state index is 13.1. The van der Waals surface area contributed by atoms with Crippen molar-refractivity contribution in [3.8, 4) is 0 Å². The lowest BCUT2D eigenvalue weighted by Crippen LogP contribution is -2.53. The van der Waals surface area contributed by atoms with Crippen molar-refractivity contribution in [1.29, 1.82) is 0 Å². The standard InChI is InChI=1S/C21H20BrF3N2O3S2/c22-17-6-4-15(5-7-17)19(28)27-12-13-31-20(27)8-10-26(11-9-20)32(29,30)18-3-1-2-16(14-18)21(23,24)25/h1-7,14H,8-13H2. The predicted molar refractivity (Wildman–Crippen MR) is 120 cm³/mol. The number of piperidine rings is 1. The van der Waals surface area contributed by atoms with Crippen LogP contribution >= 0.6 is 27.7 Å². The third kappa shape index (κ3) is 4.44. The molecule has 2 aromatic rings. The van der Waals surface area contributed by atoms with Crippen molar-refractivity contribution in [2.75, 3.05) is 25.4 Å². The summed E-state index contributed by atoms with van der Waals surface area (Å²) in [6, 6.07) is 10.9. The fourth-order valence-electron chi connectivity index (χ4n) is 4.12. The minimum Gasteiger partial charge on any atom is -0.323 e. The van der Waals surface area contributed by atoms with Gasteiger partial charge in [0.15, 0.2) is 0 Å². The molecule has 0 aromatic heterocycles. The lowest BCUT2D eigenvalue weighted by atomic mass is 10.0. The minimum atomic E-state index is -4.62. The molecule has 1 spiro atoms. The van der Waals surface area contributed by atoms with E-state index in [2.05, 4.69) is 15.9 Å². The smallest absolute Gasteiger partial charge is 0.323 e. The summed E-state index contributed by atoms with van der Waals surface area (Å²) < 4.78 is 67.2. The second-order valence-corrected chi connectivity index (χ2v) is 12.0. The fraction of sp³-hybridized carbons (Fsp3) is 0.381. The first-order valence-corrected chi connectivity index (χ1v) is 13.1. The minimum absolute atomic E-state index is 0.100. The van der Waals surface area contributed by atoms with Crippen LogP contribution in [0.2, 0.25) is 0 Å². The SMILES string of the molecule is O=C(c1ccc(Br)cc1)N1CCSC12CCN(S(=O)(=O)c1cccc(C(F)(F)F)c1)CC2. The number of benzene rings is 2. The second-order valence-electron chi connectivity index (χ2n) is 7.69. The van der Waals surface area contributed by atoms with Gasteiger partial charge in [0, 0.05) is 35.4 Å². The van der Waals surface area contributed by atoms with Gasteiger partial charge in [-0.3, -0.25) is 4.79 Å². The zero-order chi connectivity index (χ0) is 23.1. The highest BCUT2D eigenvalue weighted by Gasteiger charge is 2.48. The van der Waals surface area contributed by atoms with E-state index < -0.39 is 26.6 Å². The van der Waals surface area contributed by atoms with Gasteiger partial charge in [-0.05, 0) is 55.3 Å². The summed E-state index contributed by atoms with van der Waals surface area (Å²) in [7, 11) is -4.07. The van der Waals surface area contributed by atoms with Gasteiger partial charge >= 0.3 is 6.18 Å².